The van der Waals surface area contributed by atoms with Crippen LogP contribution in [0, 0.1) is 20.8 Å². The van der Waals surface area contributed by atoms with Crippen molar-refractivity contribution in [1.82, 2.24) is 4.98 Å². The molecule has 3 rings (SSSR count). The van der Waals surface area contributed by atoms with Crippen LogP contribution in [-0.2, 0) is 9.53 Å². The Morgan fingerprint density at radius 3 is 2.31 bits per heavy atom. The number of carbonyl (C=O) groups is 2. The van der Waals surface area contributed by atoms with Crippen LogP contribution < -0.4 is 10.1 Å². The SMILES string of the molecule is COc1ccc(-c2nc(C)c(C(=O)OCC(=O)Nc3c(C)cccc3C)s2)cc1. The first-order chi connectivity index (χ1) is 13.9. The highest BCUT2D eigenvalue weighted by atomic mass is 32.1. The molecular formula is C22H22N2O4S. The molecule has 0 unspecified atom stereocenters. The predicted molar refractivity (Wildman–Crippen MR) is 114 cm³/mol. The summed E-state index contributed by atoms with van der Waals surface area (Å²) < 4.78 is 10.4. The van der Waals surface area contributed by atoms with Gasteiger partial charge in [-0.05, 0) is 56.2 Å². The maximum Gasteiger partial charge on any atom is 0.350 e. The van der Waals surface area contributed by atoms with Crippen molar-refractivity contribution in [3.8, 4) is 16.3 Å². The first kappa shape index (κ1) is 20.5. The summed E-state index contributed by atoms with van der Waals surface area (Å²) in [6, 6.07) is 13.2. The number of rotatable bonds is 6. The highest BCUT2D eigenvalue weighted by Crippen LogP contribution is 2.29. The molecule has 0 aliphatic rings. The number of aromatic nitrogens is 1. The zero-order chi connectivity index (χ0) is 21.0. The Balaban J connectivity index is 1.65. The summed E-state index contributed by atoms with van der Waals surface area (Å²) in [5.74, 6) is -0.193. The number of methoxy groups -OCH3 is 1. The fraction of sp³-hybridized carbons (Fsp3) is 0.227. The van der Waals surface area contributed by atoms with Gasteiger partial charge >= 0.3 is 5.97 Å². The van der Waals surface area contributed by atoms with Gasteiger partial charge in [-0.25, -0.2) is 9.78 Å². The van der Waals surface area contributed by atoms with Crippen LogP contribution in [0.15, 0.2) is 42.5 Å². The van der Waals surface area contributed by atoms with Gasteiger partial charge in [0.05, 0.1) is 12.8 Å². The largest absolute Gasteiger partial charge is 0.497 e. The number of nitrogens with one attached hydrogen (secondary N) is 1. The maximum atomic E-state index is 12.4. The molecule has 0 bridgehead atoms. The van der Waals surface area contributed by atoms with Crippen molar-refractivity contribution in [2.75, 3.05) is 19.0 Å². The topological polar surface area (TPSA) is 77.5 Å². The van der Waals surface area contributed by atoms with Crippen molar-refractivity contribution in [2.24, 2.45) is 0 Å². The van der Waals surface area contributed by atoms with Crippen molar-refractivity contribution in [3.63, 3.8) is 0 Å². The van der Waals surface area contributed by atoms with Crippen LogP contribution in [0.25, 0.3) is 10.6 Å². The second kappa shape index (κ2) is 8.87. The van der Waals surface area contributed by atoms with Gasteiger partial charge in [-0.2, -0.15) is 0 Å². The van der Waals surface area contributed by atoms with E-state index in [1.807, 2.05) is 56.3 Å². The van der Waals surface area contributed by atoms with Gasteiger partial charge in [0.1, 0.15) is 15.6 Å². The third-order valence-electron chi connectivity index (χ3n) is 4.40. The quantitative estimate of drug-likeness (QED) is 0.604. The summed E-state index contributed by atoms with van der Waals surface area (Å²) in [5.41, 5.74) is 4.09. The lowest BCUT2D eigenvalue weighted by molar-refractivity contribution is -0.119. The van der Waals surface area contributed by atoms with E-state index >= 15 is 0 Å². The van der Waals surface area contributed by atoms with Gasteiger partial charge < -0.3 is 14.8 Å². The molecule has 0 saturated heterocycles. The van der Waals surface area contributed by atoms with Crippen molar-refractivity contribution >= 4 is 28.9 Å². The molecule has 2 aromatic carbocycles. The second-order valence-electron chi connectivity index (χ2n) is 6.55. The van der Waals surface area contributed by atoms with Gasteiger partial charge in [-0.3, -0.25) is 4.79 Å². The van der Waals surface area contributed by atoms with Gasteiger partial charge in [-0.15, -0.1) is 11.3 Å². The van der Waals surface area contributed by atoms with Crippen LogP contribution in [0.4, 0.5) is 5.69 Å². The molecule has 0 radical (unpaired) electrons. The van der Waals surface area contributed by atoms with Gasteiger partial charge in [0.25, 0.3) is 5.91 Å². The summed E-state index contributed by atoms with van der Waals surface area (Å²) in [5, 5.41) is 3.51. The summed E-state index contributed by atoms with van der Waals surface area (Å²) in [6.07, 6.45) is 0. The molecular weight excluding hydrogens is 388 g/mol. The van der Waals surface area contributed by atoms with Gasteiger partial charge in [-0.1, -0.05) is 18.2 Å². The van der Waals surface area contributed by atoms with E-state index in [0.717, 1.165) is 28.1 Å². The van der Waals surface area contributed by atoms with Crippen LogP contribution in [0.5, 0.6) is 5.75 Å². The summed E-state index contributed by atoms with van der Waals surface area (Å²) >= 11 is 1.24. The minimum Gasteiger partial charge on any atom is -0.497 e. The van der Waals surface area contributed by atoms with Crippen LogP contribution in [-0.4, -0.2) is 30.6 Å². The average Bonchev–Trinajstić information content (AvgIpc) is 3.11. The van der Waals surface area contributed by atoms with Crippen LogP contribution in [0.2, 0.25) is 0 Å². The summed E-state index contributed by atoms with van der Waals surface area (Å²) in [4.78, 5) is 29.5. The number of carbonyl (C=O) groups excluding carboxylic acids is 2. The molecule has 0 fully saturated rings. The number of thiazole rings is 1. The van der Waals surface area contributed by atoms with Crippen LogP contribution in [0.1, 0.15) is 26.5 Å². The maximum absolute atomic E-state index is 12.4. The number of nitrogens with zero attached hydrogens (tertiary/aromatic N) is 1. The lowest BCUT2D eigenvalue weighted by Crippen LogP contribution is -2.21. The monoisotopic (exact) mass is 410 g/mol. The number of esters is 1. The molecule has 0 spiro atoms. The van der Waals surface area contributed by atoms with E-state index < -0.39 is 5.97 Å². The summed E-state index contributed by atoms with van der Waals surface area (Å²) in [6.45, 7) is 5.21. The fourth-order valence-electron chi connectivity index (χ4n) is 2.83. The third-order valence-corrected chi connectivity index (χ3v) is 5.59. The fourth-order valence-corrected chi connectivity index (χ4v) is 3.79. The number of benzene rings is 2. The number of amides is 1. The van der Waals surface area contributed by atoms with Crippen molar-refractivity contribution in [3.05, 3.63) is 64.2 Å². The molecule has 1 aromatic heterocycles. The van der Waals surface area contributed by atoms with Crippen molar-refractivity contribution < 1.29 is 19.1 Å². The van der Waals surface area contributed by atoms with Crippen LogP contribution in [0.3, 0.4) is 0 Å². The Labute approximate surface area is 173 Å². The molecule has 6 nitrogen and oxygen atoms in total. The lowest BCUT2D eigenvalue weighted by atomic mass is 10.1. The highest BCUT2D eigenvalue weighted by Gasteiger charge is 2.19. The number of hydrogen-bond acceptors (Lipinski definition) is 6. The molecule has 150 valence electrons. The standard InChI is InChI=1S/C22H22N2O4S/c1-13-6-5-7-14(2)19(13)24-18(25)12-28-22(26)20-15(3)23-21(29-20)16-8-10-17(27-4)11-9-16/h5-11H,12H2,1-4H3,(H,24,25). The average molecular weight is 410 g/mol. The smallest absolute Gasteiger partial charge is 0.350 e. The minimum absolute atomic E-state index is 0.359. The van der Waals surface area contributed by atoms with E-state index in [-0.39, 0.29) is 12.5 Å². The molecule has 0 atom stereocenters. The zero-order valence-electron chi connectivity index (χ0n) is 16.7. The van der Waals surface area contributed by atoms with Gasteiger partial charge in [0, 0.05) is 11.3 Å². The molecule has 1 amide bonds. The minimum atomic E-state index is -0.559. The normalized spacial score (nSPS) is 10.5. The highest BCUT2D eigenvalue weighted by molar-refractivity contribution is 7.17. The van der Waals surface area contributed by atoms with E-state index in [4.69, 9.17) is 9.47 Å². The molecule has 0 aliphatic heterocycles. The molecule has 1 N–H and O–H groups in total. The third kappa shape index (κ3) is 4.81. The lowest BCUT2D eigenvalue weighted by Gasteiger charge is -2.11. The number of ether oxygens (including phenoxy) is 2. The number of para-hydroxylation sites is 1. The van der Waals surface area contributed by atoms with Crippen LogP contribution >= 0.6 is 11.3 Å². The van der Waals surface area contributed by atoms with E-state index in [9.17, 15) is 9.59 Å². The number of aryl methyl sites for hydroxylation is 3. The molecule has 0 saturated carbocycles. The Kier molecular flexibility index (Phi) is 6.29. The Bertz CT molecular complexity index is 1020. The Morgan fingerprint density at radius 2 is 1.69 bits per heavy atom. The second-order valence-corrected chi connectivity index (χ2v) is 7.55. The Morgan fingerprint density at radius 1 is 1.03 bits per heavy atom. The first-order valence-corrected chi connectivity index (χ1v) is 9.85. The van der Waals surface area contributed by atoms with E-state index in [1.54, 1.807) is 14.0 Å². The number of anilines is 1. The van der Waals surface area contributed by atoms with Crippen molar-refractivity contribution in [2.45, 2.75) is 20.8 Å². The van der Waals surface area contributed by atoms with E-state index in [0.29, 0.717) is 15.6 Å². The summed E-state index contributed by atoms with van der Waals surface area (Å²) in [7, 11) is 1.60. The predicted octanol–water partition coefficient (Wildman–Crippen LogP) is 4.54. The first-order valence-electron chi connectivity index (χ1n) is 9.04. The van der Waals surface area contributed by atoms with Crippen molar-refractivity contribution in [1.29, 1.82) is 0 Å². The van der Waals surface area contributed by atoms with Gasteiger partial charge in [0.2, 0.25) is 0 Å². The van der Waals surface area contributed by atoms with E-state index in [2.05, 4.69) is 10.3 Å². The molecule has 7 heteroatoms. The molecule has 3 aromatic rings. The molecule has 0 aliphatic carbocycles. The molecule has 29 heavy (non-hydrogen) atoms. The van der Waals surface area contributed by atoms with Gasteiger partial charge in [0.15, 0.2) is 6.61 Å². The zero-order valence-corrected chi connectivity index (χ0v) is 17.6. The van der Waals surface area contributed by atoms with E-state index in [1.165, 1.54) is 11.3 Å². The molecule has 1 heterocycles. The Hall–Kier alpha value is -3.19. The number of hydrogen-bond donors (Lipinski definition) is 1.